The van der Waals surface area contributed by atoms with E-state index in [1.165, 1.54) is 49.9 Å². The molecule has 1 fully saturated rings. The van der Waals surface area contributed by atoms with Crippen LogP contribution in [0.2, 0.25) is 0 Å². The van der Waals surface area contributed by atoms with E-state index in [2.05, 4.69) is 45.7 Å². The van der Waals surface area contributed by atoms with Crippen molar-refractivity contribution in [2.75, 3.05) is 11.5 Å². The summed E-state index contributed by atoms with van der Waals surface area (Å²) in [5.74, 6) is 3.58. The highest BCUT2D eigenvalue weighted by Crippen LogP contribution is 2.36. The largest absolute Gasteiger partial charge is 0.459 e. The van der Waals surface area contributed by atoms with E-state index < -0.39 is 0 Å². The van der Waals surface area contributed by atoms with Gasteiger partial charge in [0.05, 0.1) is 6.10 Å². The molecule has 1 heterocycles. The van der Waals surface area contributed by atoms with E-state index in [9.17, 15) is 4.79 Å². The van der Waals surface area contributed by atoms with Crippen LogP contribution in [0, 0.1) is 17.3 Å². The second kappa shape index (κ2) is 11.2. The second-order valence-corrected chi connectivity index (χ2v) is 10.3. The van der Waals surface area contributed by atoms with Gasteiger partial charge in [0.25, 0.3) is 0 Å². The van der Waals surface area contributed by atoms with Gasteiger partial charge >= 0.3 is 5.97 Å². The zero-order valence-electron chi connectivity index (χ0n) is 17.7. The molecule has 0 aromatic heterocycles. The Bertz CT molecular complexity index is 469. The highest BCUT2D eigenvalue weighted by molar-refractivity contribution is 7.99. The van der Waals surface area contributed by atoms with Crippen molar-refractivity contribution in [1.82, 2.24) is 0 Å². The minimum atomic E-state index is -0.270. The summed E-state index contributed by atoms with van der Waals surface area (Å²) >= 11 is 2.07. The Morgan fingerprint density at radius 2 is 2.08 bits per heavy atom. The van der Waals surface area contributed by atoms with Crippen LogP contribution in [-0.4, -0.2) is 23.6 Å². The second-order valence-electron chi connectivity index (χ2n) is 9.27. The highest BCUT2D eigenvalue weighted by Gasteiger charge is 2.25. The van der Waals surface area contributed by atoms with E-state index in [-0.39, 0.29) is 12.1 Å². The van der Waals surface area contributed by atoms with Gasteiger partial charge in [0, 0.05) is 11.3 Å². The van der Waals surface area contributed by atoms with Crippen LogP contribution in [-0.2, 0) is 9.53 Å². The molecule has 1 rings (SSSR count). The van der Waals surface area contributed by atoms with Crippen LogP contribution in [0.15, 0.2) is 24.3 Å². The number of esters is 1. The molecule has 1 aliphatic heterocycles. The summed E-state index contributed by atoms with van der Waals surface area (Å²) in [5, 5.41) is 0. The summed E-state index contributed by atoms with van der Waals surface area (Å²) in [6, 6.07) is 0. The molecule has 3 unspecified atom stereocenters. The topological polar surface area (TPSA) is 26.3 Å². The van der Waals surface area contributed by atoms with Crippen molar-refractivity contribution in [3.05, 3.63) is 24.3 Å². The molecular formula is C23H40O2S. The van der Waals surface area contributed by atoms with E-state index in [0.29, 0.717) is 16.9 Å². The van der Waals surface area contributed by atoms with Gasteiger partial charge in [-0.15, -0.1) is 0 Å². The number of thioether (sulfide) groups is 1. The lowest BCUT2D eigenvalue weighted by molar-refractivity contribution is -0.144. The molecule has 3 atom stereocenters. The van der Waals surface area contributed by atoms with Crippen molar-refractivity contribution in [2.45, 2.75) is 85.7 Å². The van der Waals surface area contributed by atoms with Crippen molar-refractivity contribution in [1.29, 1.82) is 0 Å². The first-order valence-corrected chi connectivity index (χ1v) is 11.4. The first kappa shape index (κ1) is 23.3. The number of rotatable bonds is 9. The van der Waals surface area contributed by atoms with Crippen LogP contribution in [0.1, 0.15) is 79.6 Å². The fourth-order valence-electron chi connectivity index (χ4n) is 4.02. The fourth-order valence-corrected chi connectivity index (χ4v) is 5.23. The van der Waals surface area contributed by atoms with Crippen LogP contribution < -0.4 is 0 Å². The SMILES string of the molecule is C=C1CCCC(CCC(C)(C)CC(C)CC(C)OC(=O)C(=C)C)CSC1. The molecule has 0 spiro atoms. The standard InChI is InChI=1S/C23H40O2S/c1-17(2)22(24)25-20(5)13-19(4)14-23(6,7)12-11-21-10-8-9-18(3)15-26-16-21/h19-21H,1,3,8-16H2,2,4-7H3. The Labute approximate surface area is 166 Å². The summed E-state index contributed by atoms with van der Waals surface area (Å²) in [6.07, 6.45) is 8.55. The molecule has 2 nitrogen and oxygen atoms in total. The maximum atomic E-state index is 11.6. The molecule has 3 heteroatoms. The minimum Gasteiger partial charge on any atom is -0.459 e. The molecule has 0 bridgehead atoms. The molecule has 0 amide bonds. The maximum Gasteiger partial charge on any atom is 0.333 e. The van der Waals surface area contributed by atoms with E-state index >= 15 is 0 Å². The van der Waals surface area contributed by atoms with Gasteiger partial charge in [-0.25, -0.2) is 4.79 Å². The molecule has 0 saturated carbocycles. The molecule has 1 saturated heterocycles. The number of hydrogen-bond donors (Lipinski definition) is 0. The third-order valence-electron chi connectivity index (χ3n) is 5.32. The van der Waals surface area contributed by atoms with Crippen molar-refractivity contribution in [3.8, 4) is 0 Å². The number of hydrogen-bond acceptors (Lipinski definition) is 3. The lowest BCUT2D eigenvalue weighted by Crippen LogP contribution is -2.22. The van der Waals surface area contributed by atoms with Crippen LogP contribution in [0.25, 0.3) is 0 Å². The van der Waals surface area contributed by atoms with Gasteiger partial charge in [-0.3, -0.25) is 0 Å². The van der Waals surface area contributed by atoms with Gasteiger partial charge in [0.1, 0.15) is 0 Å². The minimum absolute atomic E-state index is 0.0416. The van der Waals surface area contributed by atoms with E-state index in [1.54, 1.807) is 6.92 Å². The smallest absolute Gasteiger partial charge is 0.333 e. The van der Waals surface area contributed by atoms with Gasteiger partial charge in [-0.1, -0.05) is 39.5 Å². The first-order valence-electron chi connectivity index (χ1n) is 10.2. The van der Waals surface area contributed by atoms with Crippen molar-refractivity contribution in [3.63, 3.8) is 0 Å². The molecule has 0 radical (unpaired) electrons. The quantitative estimate of drug-likeness (QED) is 0.250. The Hall–Kier alpha value is -0.700. The Balaban J connectivity index is 2.36. The summed E-state index contributed by atoms with van der Waals surface area (Å²) in [5.41, 5.74) is 2.24. The van der Waals surface area contributed by atoms with Crippen molar-refractivity contribution in [2.24, 2.45) is 17.3 Å². The van der Waals surface area contributed by atoms with Crippen LogP contribution in [0.5, 0.6) is 0 Å². The summed E-state index contributed by atoms with van der Waals surface area (Å²) in [7, 11) is 0. The van der Waals surface area contributed by atoms with Gasteiger partial charge in [0.2, 0.25) is 0 Å². The first-order chi connectivity index (χ1) is 12.1. The summed E-state index contributed by atoms with van der Waals surface area (Å²) in [6.45, 7) is 18.6. The molecule has 150 valence electrons. The zero-order valence-corrected chi connectivity index (χ0v) is 18.6. The zero-order chi connectivity index (χ0) is 19.7. The average Bonchev–Trinajstić information content (AvgIpc) is 2.48. The predicted molar refractivity (Wildman–Crippen MR) is 116 cm³/mol. The third kappa shape index (κ3) is 9.85. The van der Waals surface area contributed by atoms with Crippen molar-refractivity contribution >= 4 is 17.7 Å². The van der Waals surface area contributed by atoms with Gasteiger partial charge in [0.15, 0.2) is 0 Å². The van der Waals surface area contributed by atoms with Gasteiger partial charge in [-0.2, -0.15) is 11.8 Å². The van der Waals surface area contributed by atoms with E-state index in [4.69, 9.17) is 4.74 Å². The number of ether oxygens (including phenoxy) is 1. The Kier molecular flexibility index (Phi) is 10.1. The summed E-state index contributed by atoms with van der Waals surface area (Å²) < 4.78 is 5.44. The highest BCUT2D eigenvalue weighted by atomic mass is 32.2. The van der Waals surface area contributed by atoms with Crippen LogP contribution in [0.4, 0.5) is 0 Å². The Morgan fingerprint density at radius 1 is 1.38 bits per heavy atom. The molecule has 0 aromatic carbocycles. The fraction of sp³-hybridized carbons (Fsp3) is 0.783. The molecule has 0 aliphatic carbocycles. The molecule has 0 aromatic rings. The molecule has 0 N–H and O–H groups in total. The Morgan fingerprint density at radius 3 is 2.73 bits per heavy atom. The lowest BCUT2D eigenvalue weighted by Gasteiger charge is -2.31. The van der Waals surface area contributed by atoms with E-state index in [0.717, 1.165) is 18.1 Å². The molecule has 1 aliphatic rings. The van der Waals surface area contributed by atoms with Crippen molar-refractivity contribution < 1.29 is 9.53 Å². The summed E-state index contributed by atoms with van der Waals surface area (Å²) in [4.78, 5) is 11.6. The van der Waals surface area contributed by atoms with E-state index in [1.807, 2.05) is 6.92 Å². The third-order valence-corrected chi connectivity index (χ3v) is 6.64. The predicted octanol–water partition coefficient (Wildman–Crippen LogP) is 6.81. The lowest BCUT2D eigenvalue weighted by atomic mass is 9.76. The molecule has 26 heavy (non-hydrogen) atoms. The number of carbonyl (C=O) groups is 1. The van der Waals surface area contributed by atoms with Crippen LogP contribution in [0.3, 0.4) is 0 Å². The van der Waals surface area contributed by atoms with Gasteiger partial charge < -0.3 is 4.74 Å². The monoisotopic (exact) mass is 380 g/mol. The number of carbonyl (C=O) groups excluding carboxylic acids is 1. The normalized spacial score (nSPS) is 21.4. The van der Waals surface area contributed by atoms with Gasteiger partial charge in [-0.05, 0) is 81.8 Å². The van der Waals surface area contributed by atoms with Crippen LogP contribution >= 0.6 is 11.8 Å². The molecular weight excluding hydrogens is 340 g/mol. The average molecular weight is 381 g/mol. The maximum absolute atomic E-state index is 11.6.